The van der Waals surface area contributed by atoms with Crippen molar-refractivity contribution in [1.29, 1.82) is 0 Å². The second-order valence-electron chi connectivity index (χ2n) is 3.50. The quantitative estimate of drug-likeness (QED) is 0.691. The number of nitrogens with one attached hydrogen (secondary N) is 1. The van der Waals surface area contributed by atoms with Crippen LogP contribution in [0.3, 0.4) is 0 Å². The number of aryl methyl sites for hydroxylation is 1. The summed E-state index contributed by atoms with van der Waals surface area (Å²) >= 11 is 0. The second kappa shape index (κ2) is 4.60. The zero-order chi connectivity index (χ0) is 11.5. The summed E-state index contributed by atoms with van der Waals surface area (Å²) < 4.78 is 11.7. The van der Waals surface area contributed by atoms with Crippen molar-refractivity contribution in [3.8, 4) is 0 Å². The van der Waals surface area contributed by atoms with E-state index in [2.05, 4.69) is 10.3 Å². The van der Waals surface area contributed by atoms with E-state index in [4.69, 9.17) is 14.6 Å². The van der Waals surface area contributed by atoms with Gasteiger partial charge in [-0.3, -0.25) is 10.1 Å². The summed E-state index contributed by atoms with van der Waals surface area (Å²) in [6.45, 7) is 0.201. The number of aromatic nitrogens is 2. The molecule has 0 aliphatic carbocycles. The van der Waals surface area contributed by atoms with Crippen LogP contribution in [0.15, 0.2) is 12.4 Å². The van der Waals surface area contributed by atoms with Crippen LogP contribution in [0.4, 0.5) is 0 Å². The highest BCUT2D eigenvalue weighted by Crippen LogP contribution is 2.07. The van der Waals surface area contributed by atoms with Gasteiger partial charge in [-0.05, 0) is 0 Å². The van der Waals surface area contributed by atoms with Crippen molar-refractivity contribution in [2.24, 2.45) is 7.05 Å². The minimum Gasteiger partial charge on any atom is -0.480 e. The molecule has 0 aromatic carbocycles. The Balaban J connectivity index is 1.96. The largest absolute Gasteiger partial charge is 0.480 e. The van der Waals surface area contributed by atoms with Crippen molar-refractivity contribution in [3.05, 3.63) is 18.2 Å². The van der Waals surface area contributed by atoms with Crippen LogP contribution in [0.2, 0.25) is 0 Å². The van der Waals surface area contributed by atoms with E-state index in [0.717, 1.165) is 0 Å². The first-order chi connectivity index (χ1) is 7.66. The van der Waals surface area contributed by atoms with Gasteiger partial charge in [0.05, 0.1) is 0 Å². The third-order valence-electron chi connectivity index (χ3n) is 2.38. The van der Waals surface area contributed by atoms with E-state index in [1.807, 2.05) is 7.05 Å². The van der Waals surface area contributed by atoms with Crippen LogP contribution < -0.4 is 5.32 Å². The molecule has 0 bridgehead atoms. The lowest BCUT2D eigenvalue weighted by Gasteiger charge is -2.29. The Labute approximate surface area is 92.0 Å². The van der Waals surface area contributed by atoms with Crippen molar-refractivity contribution in [1.82, 2.24) is 14.9 Å². The molecule has 1 aliphatic heterocycles. The number of ether oxygens (including phenoxy) is 2. The van der Waals surface area contributed by atoms with Crippen molar-refractivity contribution < 1.29 is 19.4 Å². The van der Waals surface area contributed by atoms with Gasteiger partial charge in [0.1, 0.15) is 11.9 Å². The van der Waals surface area contributed by atoms with Crippen LogP contribution in [0, 0.1) is 0 Å². The zero-order valence-electron chi connectivity index (χ0n) is 8.79. The third-order valence-corrected chi connectivity index (χ3v) is 2.38. The summed E-state index contributed by atoms with van der Waals surface area (Å²) in [4.78, 5) is 15.1. The van der Waals surface area contributed by atoms with Crippen LogP contribution in [-0.2, 0) is 27.7 Å². The molecule has 2 rings (SSSR count). The monoisotopic (exact) mass is 227 g/mol. The summed E-state index contributed by atoms with van der Waals surface area (Å²) in [5.41, 5.74) is 0. The van der Waals surface area contributed by atoms with Crippen molar-refractivity contribution >= 4 is 5.97 Å². The highest BCUT2D eigenvalue weighted by molar-refractivity contribution is 5.73. The van der Waals surface area contributed by atoms with Crippen molar-refractivity contribution in [3.63, 3.8) is 0 Å². The maximum atomic E-state index is 11.0. The van der Waals surface area contributed by atoms with E-state index in [-0.39, 0.29) is 13.2 Å². The Bertz CT molecular complexity index is 375. The van der Waals surface area contributed by atoms with Crippen LogP contribution >= 0.6 is 0 Å². The van der Waals surface area contributed by atoms with Gasteiger partial charge in [0, 0.05) is 25.9 Å². The number of carbonyl (C=O) groups is 1. The zero-order valence-corrected chi connectivity index (χ0v) is 8.79. The first-order valence-corrected chi connectivity index (χ1v) is 4.85. The van der Waals surface area contributed by atoms with Crippen LogP contribution in [-0.4, -0.2) is 39.9 Å². The summed E-state index contributed by atoms with van der Waals surface area (Å²) in [6, 6.07) is -0.772. The molecule has 0 radical (unpaired) electrons. The molecule has 88 valence electrons. The molecule has 16 heavy (non-hydrogen) atoms. The first-order valence-electron chi connectivity index (χ1n) is 4.85. The standard InChI is InChI=1S/C9H13N3O4/c1-12-3-2-10-7(12)4-6(8(13)14)11-9-15-5-16-9/h2-3,6,9,11H,4-5H2,1H3,(H,13,14)/t6-/m0/s1. The van der Waals surface area contributed by atoms with E-state index < -0.39 is 18.4 Å². The number of imidazole rings is 1. The van der Waals surface area contributed by atoms with Crippen LogP contribution in [0.25, 0.3) is 0 Å². The van der Waals surface area contributed by atoms with E-state index in [0.29, 0.717) is 5.82 Å². The number of carboxylic acids is 1. The summed E-state index contributed by atoms with van der Waals surface area (Å²) in [7, 11) is 1.82. The van der Waals surface area contributed by atoms with Gasteiger partial charge in [-0.2, -0.15) is 0 Å². The van der Waals surface area contributed by atoms with E-state index >= 15 is 0 Å². The molecule has 1 aliphatic rings. The minimum absolute atomic E-state index is 0.201. The molecular formula is C9H13N3O4. The summed E-state index contributed by atoms with van der Waals surface area (Å²) in [6.07, 6.45) is 3.05. The molecule has 0 amide bonds. The maximum absolute atomic E-state index is 11.0. The molecule has 2 heterocycles. The number of hydrogen-bond donors (Lipinski definition) is 2. The van der Waals surface area contributed by atoms with Gasteiger partial charge >= 0.3 is 5.97 Å². The predicted molar refractivity (Wildman–Crippen MR) is 52.3 cm³/mol. The average molecular weight is 227 g/mol. The number of carboxylic acid groups (broad SMARTS) is 1. The fraction of sp³-hybridized carbons (Fsp3) is 0.556. The number of hydrogen-bond acceptors (Lipinski definition) is 5. The highest BCUT2D eigenvalue weighted by Gasteiger charge is 2.27. The number of aliphatic carboxylic acids is 1. The lowest BCUT2D eigenvalue weighted by molar-refractivity contribution is -0.335. The molecular weight excluding hydrogens is 214 g/mol. The summed E-state index contributed by atoms with van der Waals surface area (Å²) in [5.74, 6) is -0.263. The predicted octanol–water partition coefficient (Wildman–Crippen LogP) is -0.707. The molecule has 7 heteroatoms. The van der Waals surface area contributed by atoms with Gasteiger partial charge in [-0.1, -0.05) is 0 Å². The Kier molecular flexibility index (Phi) is 3.18. The molecule has 1 fully saturated rings. The molecule has 7 nitrogen and oxygen atoms in total. The Morgan fingerprint density at radius 1 is 1.81 bits per heavy atom. The van der Waals surface area contributed by atoms with Gasteiger partial charge in [-0.25, -0.2) is 4.98 Å². The van der Waals surface area contributed by atoms with Crippen LogP contribution in [0.1, 0.15) is 5.82 Å². The molecule has 1 aromatic rings. The molecule has 0 unspecified atom stereocenters. The number of nitrogens with zero attached hydrogens (tertiary/aromatic N) is 2. The summed E-state index contributed by atoms with van der Waals surface area (Å²) in [5, 5.41) is 11.7. The smallest absolute Gasteiger partial charge is 0.321 e. The van der Waals surface area contributed by atoms with Gasteiger partial charge < -0.3 is 19.1 Å². The van der Waals surface area contributed by atoms with Gasteiger partial charge in [0.25, 0.3) is 0 Å². The fourth-order valence-electron chi connectivity index (χ4n) is 1.39. The van der Waals surface area contributed by atoms with Gasteiger partial charge in [0.15, 0.2) is 6.79 Å². The second-order valence-corrected chi connectivity index (χ2v) is 3.50. The minimum atomic E-state index is -0.956. The Morgan fingerprint density at radius 3 is 3.00 bits per heavy atom. The third kappa shape index (κ3) is 2.38. The molecule has 1 atom stereocenters. The Morgan fingerprint density at radius 2 is 2.56 bits per heavy atom. The molecule has 1 aromatic heterocycles. The van der Waals surface area contributed by atoms with Crippen molar-refractivity contribution in [2.45, 2.75) is 18.9 Å². The average Bonchev–Trinajstić information content (AvgIpc) is 2.55. The Hall–Kier alpha value is -1.44. The molecule has 0 saturated carbocycles. The lowest BCUT2D eigenvalue weighted by Crippen LogP contribution is -2.52. The molecule has 2 N–H and O–H groups in total. The SMILES string of the molecule is Cn1ccnc1C[C@H](NC1OCO1)C(=O)O. The van der Waals surface area contributed by atoms with E-state index in [1.54, 1.807) is 17.0 Å². The van der Waals surface area contributed by atoms with Gasteiger partial charge in [-0.15, -0.1) is 0 Å². The molecule has 1 saturated heterocycles. The van der Waals surface area contributed by atoms with Gasteiger partial charge in [0.2, 0.25) is 6.41 Å². The fourth-order valence-corrected chi connectivity index (χ4v) is 1.39. The maximum Gasteiger partial charge on any atom is 0.321 e. The topological polar surface area (TPSA) is 85.6 Å². The number of rotatable bonds is 5. The van der Waals surface area contributed by atoms with Crippen molar-refractivity contribution in [2.75, 3.05) is 6.79 Å². The molecule has 0 spiro atoms. The van der Waals surface area contributed by atoms with E-state index in [9.17, 15) is 4.79 Å². The van der Waals surface area contributed by atoms with E-state index in [1.165, 1.54) is 0 Å². The lowest BCUT2D eigenvalue weighted by atomic mass is 10.2. The normalized spacial score (nSPS) is 18.1. The highest BCUT2D eigenvalue weighted by atomic mass is 16.9. The first kappa shape index (κ1) is 11.1. The van der Waals surface area contributed by atoms with Crippen LogP contribution in [0.5, 0.6) is 0 Å².